The highest BCUT2D eigenvalue weighted by Crippen LogP contribution is 2.25. The molecule has 0 saturated heterocycles. The Morgan fingerprint density at radius 2 is 2.41 bits per heavy atom. The van der Waals surface area contributed by atoms with E-state index in [0.29, 0.717) is 5.56 Å². The van der Waals surface area contributed by atoms with E-state index in [1.165, 1.54) is 4.88 Å². The smallest absolute Gasteiger partial charge is 0.127 e. The van der Waals surface area contributed by atoms with Crippen LogP contribution in [0.2, 0.25) is 0 Å². The summed E-state index contributed by atoms with van der Waals surface area (Å²) in [7, 11) is 0. The zero-order chi connectivity index (χ0) is 12.1. The number of nitriles is 1. The molecule has 0 spiro atoms. The molecule has 2 rings (SSSR count). The lowest BCUT2D eigenvalue weighted by Crippen LogP contribution is -2.09. The van der Waals surface area contributed by atoms with Gasteiger partial charge in [0, 0.05) is 11.1 Å². The van der Waals surface area contributed by atoms with Crippen LogP contribution < -0.4 is 5.32 Å². The molecule has 17 heavy (non-hydrogen) atoms. The van der Waals surface area contributed by atoms with Crippen LogP contribution in [0.5, 0.6) is 0 Å². The molecule has 1 N–H and O–H groups in total. The van der Waals surface area contributed by atoms with E-state index >= 15 is 0 Å². The van der Waals surface area contributed by atoms with E-state index in [2.05, 4.69) is 34.7 Å². The molecule has 2 heterocycles. The Morgan fingerprint density at radius 3 is 3.06 bits per heavy atom. The van der Waals surface area contributed by atoms with Crippen molar-refractivity contribution < 1.29 is 0 Å². The maximum absolute atomic E-state index is 8.83. The Morgan fingerprint density at radius 1 is 1.53 bits per heavy atom. The van der Waals surface area contributed by atoms with Gasteiger partial charge >= 0.3 is 0 Å². The average Bonchev–Trinajstić information content (AvgIpc) is 2.90. The average molecular weight is 243 g/mol. The summed E-state index contributed by atoms with van der Waals surface area (Å²) in [5, 5.41) is 14.3. The van der Waals surface area contributed by atoms with Gasteiger partial charge in [-0.25, -0.2) is 4.98 Å². The molecular formula is C13H13N3S. The van der Waals surface area contributed by atoms with Crippen LogP contribution in [-0.4, -0.2) is 4.98 Å². The topological polar surface area (TPSA) is 48.7 Å². The third-order valence-electron chi connectivity index (χ3n) is 2.51. The summed E-state index contributed by atoms with van der Waals surface area (Å²) in [4.78, 5) is 5.52. The van der Waals surface area contributed by atoms with Crippen LogP contribution in [0.1, 0.15) is 29.8 Å². The Labute approximate surface area is 105 Å². The summed E-state index contributed by atoms with van der Waals surface area (Å²) >= 11 is 1.73. The van der Waals surface area contributed by atoms with Crippen molar-refractivity contribution in [3.05, 3.63) is 46.3 Å². The summed E-state index contributed by atoms with van der Waals surface area (Å²) in [5.74, 6) is 0.754. The highest BCUT2D eigenvalue weighted by Gasteiger charge is 2.10. The quantitative estimate of drug-likeness (QED) is 0.892. The van der Waals surface area contributed by atoms with Crippen molar-refractivity contribution >= 4 is 17.2 Å². The molecular weight excluding hydrogens is 230 g/mol. The Kier molecular flexibility index (Phi) is 3.73. The summed E-state index contributed by atoms with van der Waals surface area (Å²) in [6, 6.07) is 10.0. The fourth-order valence-corrected chi connectivity index (χ4v) is 2.48. The van der Waals surface area contributed by atoms with Gasteiger partial charge in [0.1, 0.15) is 5.82 Å². The number of hydrogen-bond donors (Lipinski definition) is 1. The number of thiophene rings is 1. The van der Waals surface area contributed by atoms with E-state index in [-0.39, 0.29) is 6.04 Å². The van der Waals surface area contributed by atoms with E-state index in [1.54, 1.807) is 29.7 Å². The first-order valence-corrected chi connectivity index (χ1v) is 6.37. The lowest BCUT2D eigenvalue weighted by Gasteiger charge is -2.15. The van der Waals surface area contributed by atoms with Crippen molar-refractivity contribution in [1.29, 1.82) is 5.26 Å². The van der Waals surface area contributed by atoms with E-state index in [9.17, 15) is 0 Å². The first kappa shape index (κ1) is 11.6. The molecule has 0 aliphatic rings. The van der Waals surface area contributed by atoms with Crippen LogP contribution >= 0.6 is 11.3 Å². The second kappa shape index (κ2) is 5.46. The maximum Gasteiger partial charge on any atom is 0.127 e. The Balaban J connectivity index is 2.16. The lowest BCUT2D eigenvalue weighted by atomic mass is 10.2. The van der Waals surface area contributed by atoms with Gasteiger partial charge in [0.15, 0.2) is 0 Å². The van der Waals surface area contributed by atoms with Gasteiger partial charge in [-0.15, -0.1) is 11.3 Å². The minimum atomic E-state index is 0.261. The Bertz CT molecular complexity index is 514. The van der Waals surface area contributed by atoms with Gasteiger partial charge in [-0.1, -0.05) is 13.0 Å². The third kappa shape index (κ3) is 2.83. The van der Waals surface area contributed by atoms with E-state index in [1.807, 2.05) is 6.07 Å². The van der Waals surface area contributed by atoms with Crippen molar-refractivity contribution in [3.8, 4) is 6.07 Å². The van der Waals surface area contributed by atoms with Crippen LogP contribution in [0.25, 0.3) is 0 Å². The predicted octanol–water partition coefficient (Wildman–Crippen LogP) is 3.58. The van der Waals surface area contributed by atoms with Crippen molar-refractivity contribution in [2.24, 2.45) is 0 Å². The number of anilines is 1. The zero-order valence-corrected chi connectivity index (χ0v) is 10.4. The van der Waals surface area contributed by atoms with Crippen molar-refractivity contribution in [2.75, 3.05) is 5.32 Å². The molecule has 4 heteroatoms. The number of hydrogen-bond acceptors (Lipinski definition) is 4. The number of pyridine rings is 1. The lowest BCUT2D eigenvalue weighted by molar-refractivity contribution is 0.759. The van der Waals surface area contributed by atoms with Crippen LogP contribution in [0.4, 0.5) is 5.82 Å². The fraction of sp³-hybridized carbons (Fsp3) is 0.231. The van der Waals surface area contributed by atoms with Crippen molar-refractivity contribution in [3.63, 3.8) is 0 Å². The minimum Gasteiger partial charge on any atom is -0.362 e. The molecule has 2 aromatic heterocycles. The minimum absolute atomic E-state index is 0.261. The van der Waals surface area contributed by atoms with E-state index in [4.69, 9.17) is 5.26 Å². The monoisotopic (exact) mass is 243 g/mol. The van der Waals surface area contributed by atoms with Crippen molar-refractivity contribution in [2.45, 2.75) is 19.4 Å². The van der Waals surface area contributed by atoms with Crippen LogP contribution in [0.15, 0.2) is 35.8 Å². The molecule has 86 valence electrons. The molecule has 0 aromatic carbocycles. The second-order valence-electron chi connectivity index (χ2n) is 3.66. The summed E-state index contributed by atoms with van der Waals surface area (Å²) < 4.78 is 0. The van der Waals surface area contributed by atoms with E-state index < -0.39 is 0 Å². The molecule has 0 bridgehead atoms. The van der Waals surface area contributed by atoms with Crippen molar-refractivity contribution in [1.82, 2.24) is 4.98 Å². The molecule has 2 aromatic rings. The van der Waals surface area contributed by atoms with Crippen LogP contribution in [0.3, 0.4) is 0 Å². The first-order valence-electron chi connectivity index (χ1n) is 5.49. The maximum atomic E-state index is 8.83. The first-order chi connectivity index (χ1) is 8.33. The zero-order valence-electron chi connectivity index (χ0n) is 9.55. The molecule has 3 nitrogen and oxygen atoms in total. The van der Waals surface area contributed by atoms with Crippen LogP contribution in [0, 0.1) is 11.3 Å². The van der Waals surface area contributed by atoms with E-state index in [0.717, 1.165) is 12.2 Å². The third-order valence-corrected chi connectivity index (χ3v) is 3.49. The number of nitrogens with zero attached hydrogens (tertiary/aromatic N) is 2. The second-order valence-corrected chi connectivity index (χ2v) is 4.64. The molecule has 0 amide bonds. The van der Waals surface area contributed by atoms with Gasteiger partial charge < -0.3 is 5.32 Å². The van der Waals surface area contributed by atoms with Gasteiger partial charge in [0.25, 0.3) is 0 Å². The molecule has 0 radical (unpaired) electrons. The standard InChI is InChI=1S/C13H13N3S/c1-2-11(12-4-3-7-17-12)16-13-8-10(9-14)5-6-15-13/h3-8,11H,2H2,1H3,(H,15,16). The number of nitrogens with one attached hydrogen (secondary N) is 1. The molecule has 0 fully saturated rings. The SMILES string of the molecule is CCC(Nc1cc(C#N)ccn1)c1cccs1. The Hall–Kier alpha value is -1.86. The number of aromatic nitrogens is 1. The highest BCUT2D eigenvalue weighted by atomic mass is 32.1. The molecule has 0 saturated carbocycles. The summed E-state index contributed by atoms with van der Waals surface area (Å²) in [5.41, 5.74) is 0.628. The van der Waals surface area contributed by atoms with Gasteiger partial charge in [-0.2, -0.15) is 5.26 Å². The highest BCUT2D eigenvalue weighted by molar-refractivity contribution is 7.10. The van der Waals surface area contributed by atoms with Crippen LogP contribution in [-0.2, 0) is 0 Å². The number of rotatable bonds is 4. The predicted molar refractivity (Wildman–Crippen MR) is 69.9 cm³/mol. The van der Waals surface area contributed by atoms with Gasteiger partial charge in [0.05, 0.1) is 17.7 Å². The fourth-order valence-electron chi connectivity index (χ4n) is 1.62. The van der Waals surface area contributed by atoms with Gasteiger partial charge in [0.2, 0.25) is 0 Å². The normalized spacial score (nSPS) is 11.8. The van der Waals surface area contributed by atoms with Gasteiger partial charge in [-0.05, 0) is 30.0 Å². The molecule has 1 atom stereocenters. The summed E-state index contributed by atoms with van der Waals surface area (Å²) in [6.07, 6.45) is 2.64. The molecule has 0 aliphatic heterocycles. The molecule has 1 unspecified atom stereocenters. The largest absolute Gasteiger partial charge is 0.362 e. The van der Waals surface area contributed by atoms with Gasteiger partial charge in [-0.3, -0.25) is 0 Å². The summed E-state index contributed by atoms with van der Waals surface area (Å²) in [6.45, 7) is 2.13. The molecule has 0 aliphatic carbocycles.